The number of aromatic nitrogens is 3. The number of likely N-dealkylation sites (tertiary alicyclic amines) is 1. The number of halogens is 1. The Morgan fingerprint density at radius 3 is 2.82 bits per heavy atom. The number of hydrogen-bond donors (Lipinski definition) is 2. The summed E-state index contributed by atoms with van der Waals surface area (Å²) in [4.78, 5) is 19.8. The van der Waals surface area contributed by atoms with E-state index >= 15 is 0 Å². The summed E-state index contributed by atoms with van der Waals surface area (Å²) < 4.78 is 14.5. The van der Waals surface area contributed by atoms with Crippen LogP contribution in [0.5, 0.6) is 0 Å². The topological polar surface area (TPSA) is 73.9 Å². The smallest absolute Gasteiger partial charge is 0.251 e. The maximum atomic E-state index is 14.5. The van der Waals surface area contributed by atoms with Gasteiger partial charge in [0.1, 0.15) is 11.5 Å². The molecule has 3 heterocycles. The summed E-state index contributed by atoms with van der Waals surface area (Å²) in [5.41, 5.74) is 4.70. The first-order chi connectivity index (χ1) is 16.0. The van der Waals surface area contributed by atoms with Gasteiger partial charge in [-0.25, -0.2) is 4.39 Å². The summed E-state index contributed by atoms with van der Waals surface area (Å²) in [5.74, 6) is -0.487. The van der Waals surface area contributed by atoms with E-state index in [-0.39, 0.29) is 23.7 Å². The van der Waals surface area contributed by atoms with Crippen LogP contribution in [0.4, 0.5) is 4.39 Å². The summed E-state index contributed by atoms with van der Waals surface area (Å²) >= 11 is 0. The predicted octanol–water partition coefficient (Wildman–Crippen LogP) is 4.29. The molecule has 6 nitrogen and oxygen atoms in total. The van der Waals surface area contributed by atoms with Crippen LogP contribution < -0.4 is 5.32 Å². The lowest BCUT2D eigenvalue weighted by molar-refractivity contribution is 0.0935. The second kappa shape index (κ2) is 8.75. The van der Waals surface area contributed by atoms with E-state index in [9.17, 15) is 9.18 Å². The van der Waals surface area contributed by atoms with Crippen LogP contribution in [-0.2, 0) is 0 Å². The van der Waals surface area contributed by atoms with Crippen molar-refractivity contribution in [2.24, 2.45) is 0 Å². The van der Waals surface area contributed by atoms with Crippen LogP contribution >= 0.6 is 0 Å². The fraction of sp³-hybridized carbons (Fsp3) is 0.269. The molecule has 1 amide bonds. The highest BCUT2D eigenvalue weighted by molar-refractivity contribution is 6.01. The molecule has 1 aliphatic rings. The number of amides is 1. The Kier molecular flexibility index (Phi) is 5.64. The number of fused-ring (bicyclic) bond motifs is 1. The van der Waals surface area contributed by atoms with E-state index in [1.165, 1.54) is 6.07 Å². The Balaban J connectivity index is 1.43. The molecule has 0 aliphatic carbocycles. The van der Waals surface area contributed by atoms with Gasteiger partial charge in [-0.05, 0) is 55.4 Å². The second-order valence-electron chi connectivity index (χ2n) is 8.58. The fourth-order valence-electron chi connectivity index (χ4n) is 4.70. The van der Waals surface area contributed by atoms with Gasteiger partial charge in [-0.3, -0.25) is 14.9 Å². The average molecular weight is 444 g/mol. The molecule has 0 radical (unpaired) electrons. The Hall–Kier alpha value is -3.58. The maximum absolute atomic E-state index is 14.5. The molecule has 2 N–H and O–H groups in total. The highest BCUT2D eigenvalue weighted by Gasteiger charge is 2.35. The van der Waals surface area contributed by atoms with Gasteiger partial charge in [0.2, 0.25) is 0 Å². The number of aromatic amines is 1. The molecule has 5 rings (SSSR count). The zero-order valence-electron chi connectivity index (χ0n) is 18.7. The largest absolute Gasteiger partial charge is 0.347 e. The number of nitrogens with one attached hydrogen (secondary N) is 2. The third kappa shape index (κ3) is 4.12. The van der Waals surface area contributed by atoms with Gasteiger partial charge in [0, 0.05) is 47.4 Å². The lowest BCUT2D eigenvalue weighted by Gasteiger charge is -2.21. The molecule has 2 atom stereocenters. The van der Waals surface area contributed by atoms with E-state index in [1.807, 2.05) is 43.3 Å². The molecular weight excluding hydrogens is 417 g/mol. The molecular formula is C26H26FN5O. The normalized spacial score (nSPS) is 18.6. The third-order valence-electron chi connectivity index (χ3n) is 6.46. The van der Waals surface area contributed by atoms with Crippen LogP contribution in [-0.4, -0.2) is 51.7 Å². The predicted molar refractivity (Wildman–Crippen MR) is 127 cm³/mol. The average Bonchev–Trinajstić information content (AvgIpc) is 3.43. The first-order valence-electron chi connectivity index (χ1n) is 11.2. The minimum absolute atomic E-state index is 0.0943. The minimum atomic E-state index is -0.225. The number of carbonyl (C=O) groups excluding carboxylic acids is 1. The molecule has 2 aromatic heterocycles. The van der Waals surface area contributed by atoms with E-state index in [4.69, 9.17) is 0 Å². The summed E-state index contributed by atoms with van der Waals surface area (Å²) in [6.45, 7) is 6.28. The van der Waals surface area contributed by atoms with Crippen LogP contribution in [0.2, 0.25) is 0 Å². The van der Waals surface area contributed by atoms with Crippen molar-refractivity contribution < 1.29 is 9.18 Å². The Bertz CT molecular complexity index is 1320. The fourth-order valence-corrected chi connectivity index (χ4v) is 4.70. The zero-order valence-corrected chi connectivity index (χ0v) is 18.7. The number of benzene rings is 2. The van der Waals surface area contributed by atoms with Gasteiger partial charge in [-0.2, -0.15) is 5.10 Å². The van der Waals surface area contributed by atoms with Gasteiger partial charge >= 0.3 is 0 Å². The molecule has 7 heteroatoms. The Morgan fingerprint density at radius 1 is 1.18 bits per heavy atom. The van der Waals surface area contributed by atoms with E-state index in [2.05, 4.69) is 32.3 Å². The molecule has 1 aliphatic heterocycles. The van der Waals surface area contributed by atoms with Gasteiger partial charge in [-0.15, -0.1) is 0 Å². The highest BCUT2D eigenvalue weighted by Crippen LogP contribution is 2.30. The van der Waals surface area contributed by atoms with Crippen LogP contribution in [0.1, 0.15) is 34.5 Å². The number of H-pyrrole nitrogens is 1. The van der Waals surface area contributed by atoms with Crippen molar-refractivity contribution in [2.75, 3.05) is 19.6 Å². The first-order valence-corrected chi connectivity index (χ1v) is 11.2. The monoisotopic (exact) mass is 443 g/mol. The van der Waals surface area contributed by atoms with Crippen LogP contribution in [0, 0.1) is 12.7 Å². The van der Waals surface area contributed by atoms with Crippen molar-refractivity contribution in [3.8, 4) is 11.3 Å². The van der Waals surface area contributed by atoms with Crippen molar-refractivity contribution in [3.05, 3.63) is 83.4 Å². The SMILES string of the molecule is CCN1C[C@@H](NC(=O)c2ccc3[nH]nc(-c4ccnc(C)c4)c3c2)[C@H](c2ccccc2F)C1. The van der Waals surface area contributed by atoms with E-state index in [0.717, 1.165) is 34.4 Å². The van der Waals surface area contributed by atoms with Crippen molar-refractivity contribution in [3.63, 3.8) is 0 Å². The van der Waals surface area contributed by atoms with E-state index in [0.29, 0.717) is 24.2 Å². The van der Waals surface area contributed by atoms with Gasteiger partial charge < -0.3 is 10.2 Å². The number of aryl methyl sites for hydroxylation is 1. The minimum Gasteiger partial charge on any atom is -0.347 e. The summed E-state index contributed by atoms with van der Waals surface area (Å²) in [7, 11) is 0. The first kappa shape index (κ1) is 21.3. The summed E-state index contributed by atoms with van der Waals surface area (Å²) in [5, 5.41) is 11.6. The van der Waals surface area contributed by atoms with Crippen molar-refractivity contribution >= 4 is 16.8 Å². The Morgan fingerprint density at radius 2 is 2.03 bits per heavy atom. The van der Waals surface area contributed by atoms with Crippen molar-refractivity contribution in [2.45, 2.75) is 25.8 Å². The van der Waals surface area contributed by atoms with Crippen molar-refractivity contribution in [1.29, 1.82) is 0 Å². The molecule has 0 spiro atoms. The molecule has 168 valence electrons. The molecule has 1 fully saturated rings. The van der Waals surface area contributed by atoms with Gasteiger partial charge in [0.25, 0.3) is 5.91 Å². The molecule has 4 aromatic rings. The Labute approximate surface area is 191 Å². The maximum Gasteiger partial charge on any atom is 0.251 e. The lowest BCUT2D eigenvalue weighted by atomic mass is 9.93. The van der Waals surface area contributed by atoms with E-state index < -0.39 is 0 Å². The number of carbonyl (C=O) groups is 1. The van der Waals surface area contributed by atoms with Crippen LogP contribution in [0.25, 0.3) is 22.2 Å². The summed E-state index contributed by atoms with van der Waals surface area (Å²) in [6.07, 6.45) is 1.75. The molecule has 1 saturated heterocycles. The standard InChI is InChI=1S/C26H26FN5O/c1-3-32-14-21(19-6-4-5-7-22(19)27)24(15-32)29-26(33)18-8-9-23-20(13-18)25(31-30-23)17-10-11-28-16(2)12-17/h4-13,21,24H,3,14-15H2,1-2H3,(H,29,33)(H,30,31)/t21-,24+/m0/s1. The molecule has 0 bridgehead atoms. The van der Waals surface area contributed by atoms with Gasteiger partial charge in [-0.1, -0.05) is 25.1 Å². The quantitative estimate of drug-likeness (QED) is 0.483. The second-order valence-corrected chi connectivity index (χ2v) is 8.58. The number of pyridine rings is 1. The number of likely N-dealkylation sites (N-methyl/N-ethyl adjacent to an activating group) is 1. The van der Waals surface area contributed by atoms with Gasteiger partial charge in [0.15, 0.2) is 0 Å². The molecule has 33 heavy (non-hydrogen) atoms. The van der Waals surface area contributed by atoms with E-state index in [1.54, 1.807) is 18.3 Å². The molecule has 0 saturated carbocycles. The lowest BCUT2D eigenvalue weighted by Crippen LogP contribution is -2.40. The molecule has 2 aromatic carbocycles. The van der Waals surface area contributed by atoms with Gasteiger partial charge in [0.05, 0.1) is 11.6 Å². The van der Waals surface area contributed by atoms with Crippen LogP contribution in [0.15, 0.2) is 60.8 Å². The number of hydrogen-bond acceptors (Lipinski definition) is 4. The number of rotatable bonds is 5. The molecule has 0 unspecified atom stereocenters. The highest BCUT2D eigenvalue weighted by atomic mass is 19.1. The zero-order chi connectivity index (χ0) is 22.9. The van der Waals surface area contributed by atoms with Crippen LogP contribution in [0.3, 0.4) is 0 Å². The third-order valence-corrected chi connectivity index (χ3v) is 6.46. The summed E-state index contributed by atoms with van der Waals surface area (Å²) in [6, 6.07) is 16.1. The van der Waals surface area contributed by atoms with Crippen molar-refractivity contribution in [1.82, 2.24) is 25.4 Å². The number of nitrogens with zero attached hydrogens (tertiary/aromatic N) is 3.